The van der Waals surface area contributed by atoms with Crippen molar-refractivity contribution in [2.75, 3.05) is 19.6 Å². The summed E-state index contributed by atoms with van der Waals surface area (Å²) in [5.74, 6) is -4.30. The fourth-order valence-electron chi connectivity index (χ4n) is 5.01. The second kappa shape index (κ2) is 25.5. The Kier molecular flexibility index (Phi) is 23.2. The van der Waals surface area contributed by atoms with Crippen LogP contribution in [0.15, 0.2) is 4.99 Å². The molecule has 12 N–H and O–H groups in total. The summed E-state index contributed by atoms with van der Waals surface area (Å²) in [5, 5.41) is 28.9. The molecule has 0 fully saturated rings. The van der Waals surface area contributed by atoms with Crippen molar-refractivity contribution < 1.29 is 38.7 Å². The zero-order chi connectivity index (χ0) is 39.1. The molecule has 0 aromatic heterocycles. The van der Waals surface area contributed by atoms with Crippen LogP contribution in [0.2, 0.25) is 0 Å². The minimum atomic E-state index is -1.46. The monoisotopic (exact) mass is 726 g/mol. The number of nitrogens with two attached hydrogens (primary N) is 2. The van der Waals surface area contributed by atoms with Gasteiger partial charge in [0, 0.05) is 33.5 Å². The van der Waals surface area contributed by atoms with Crippen molar-refractivity contribution in [3.8, 4) is 0 Å². The molecule has 0 aliphatic carbocycles. The van der Waals surface area contributed by atoms with E-state index in [4.69, 9.17) is 11.5 Å². The van der Waals surface area contributed by atoms with E-state index < -0.39 is 71.8 Å². The van der Waals surface area contributed by atoms with Gasteiger partial charge in [0.1, 0.15) is 30.2 Å². The average molecular weight is 727 g/mol. The number of nitrogens with one attached hydrogen (secondary N) is 7. The summed E-state index contributed by atoms with van der Waals surface area (Å²) in [4.78, 5) is 93.6. The molecule has 0 saturated carbocycles. The van der Waals surface area contributed by atoms with Crippen molar-refractivity contribution in [1.29, 1.82) is 0 Å². The summed E-state index contributed by atoms with van der Waals surface area (Å²) in [6, 6.07) is -5.66. The number of aliphatic hydroxyl groups excluding tert-OH is 1. The first kappa shape index (κ1) is 46.5. The summed E-state index contributed by atoms with van der Waals surface area (Å²) in [6.45, 7) is 12.0. The van der Waals surface area contributed by atoms with Gasteiger partial charge in [-0.25, -0.2) is 0 Å². The summed E-state index contributed by atoms with van der Waals surface area (Å²) in [5.41, 5.74) is 10.8. The molecule has 0 rings (SSSR count). The maximum atomic E-state index is 13.7. The number of carbonyl (C=O) groups is 7. The molecule has 0 bridgehead atoms. The molecule has 292 valence electrons. The van der Waals surface area contributed by atoms with Crippen LogP contribution < -0.4 is 48.7 Å². The predicted octanol–water partition coefficient (Wildman–Crippen LogP) is -1.85. The van der Waals surface area contributed by atoms with Crippen LogP contribution in [0, 0.1) is 5.92 Å². The Balaban J connectivity index is 6.10. The van der Waals surface area contributed by atoms with E-state index in [1.165, 1.54) is 20.8 Å². The minimum Gasteiger partial charge on any atom is -0.391 e. The number of carbonyl (C=O) groups excluding carboxylic acids is 7. The fraction of sp³-hybridized carbons (Fsp3) is 0.758. The largest absolute Gasteiger partial charge is 0.391 e. The molecular weight excluding hydrogens is 664 g/mol. The minimum absolute atomic E-state index is 0.105. The number of aliphatic imine (C=N–C) groups is 1. The molecule has 0 saturated heterocycles. The fourth-order valence-corrected chi connectivity index (χ4v) is 5.01. The predicted molar refractivity (Wildman–Crippen MR) is 193 cm³/mol. The lowest BCUT2D eigenvalue weighted by Gasteiger charge is -2.29. The van der Waals surface area contributed by atoms with E-state index in [2.05, 4.69) is 42.2 Å². The third-order valence-electron chi connectivity index (χ3n) is 7.98. The molecule has 0 heterocycles. The third-order valence-corrected chi connectivity index (χ3v) is 7.98. The highest BCUT2D eigenvalue weighted by molar-refractivity contribution is 5.96. The summed E-state index contributed by atoms with van der Waals surface area (Å²) >= 11 is 0. The second-order valence-corrected chi connectivity index (χ2v) is 12.6. The molecule has 0 aliphatic rings. The zero-order valence-corrected chi connectivity index (χ0v) is 31.2. The van der Waals surface area contributed by atoms with Gasteiger partial charge in [-0.05, 0) is 58.3 Å². The molecule has 0 aliphatic heterocycles. The number of aliphatic hydroxyl groups is 1. The number of likely N-dealkylation sites (N-methyl/N-ethyl adjacent to an activating group) is 1. The first-order valence-electron chi connectivity index (χ1n) is 17.7. The van der Waals surface area contributed by atoms with Crippen molar-refractivity contribution >= 4 is 47.3 Å². The number of amides is 7. The lowest BCUT2D eigenvalue weighted by atomic mass is 9.97. The summed E-state index contributed by atoms with van der Waals surface area (Å²) < 4.78 is 0. The first-order valence-corrected chi connectivity index (χ1v) is 17.7. The Labute approximate surface area is 301 Å². The van der Waals surface area contributed by atoms with Gasteiger partial charge in [-0.3, -0.25) is 38.6 Å². The molecular formula is C33H62N10O8. The van der Waals surface area contributed by atoms with Gasteiger partial charge in [-0.15, -0.1) is 0 Å². The quantitative estimate of drug-likeness (QED) is 0.0285. The highest BCUT2D eigenvalue weighted by atomic mass is 16.3. The average Bonchev–Trinajstić information content (AvgIpc) is 3.05. The lowest BCUT2D eigenvalue weighted by Crippen LogP contribution is -2.61. The van der Waals surface area contributed by atoms with E-state index >= 15 is 0 Å². The number of nitrogens with zero attached hydrogens (tertiary/aromatic N) is 1. The van der Waals surface area contributed by atoms with Crippen LogP contribution in [0.1, 0.15) is 99.8 Å². The normalized spacial score (nSPS) is 14.9. The van der Waals surface area contributed by atoms with Crippen LogP contribution >= 0.6 is 0 Å². The molecule has 0 spiro atoms. The van der Waals surface area contributed by atoms with Crippen molar-refractivity contribution in [2.45, 2.75) is 136 Å². The van der Waals surface area contributed by atoms with Gasteiger partial charge >= 0.3 is 0 Å². The van der Waals surface area contributed by atoms with E-state index in [0.717, 1.165) is 0 Å². The van der Waals surface area contributed by atoms with Gasteiger partial charge in [-0.1, -0.05) is 33.6 Å². The molecule has 0 aromatic rings. The van der Waals surface area contributed by atoms with Crippen LogP contribution in [0.4, 0.5) is 0 Å². The van der Waals surface area contributed by atoms with Crippen LogP contribution in [-0.2, 0) is 33.6 Å². The van der Waals surface area contributed by atoms with Crippen LogP contribution in [0.5, 0.6) is 0 Å². The Morgan fingerprint density at radius 2 is 1.16 bits per heavy atom. The SMILES string of the molecule is CCC[C@H](NC(=O)[C@@H](NC(=O)[C@H](NC(C)=O)[C@@H](C)CC)[C@@H](C)O)C(=O)N[C@@H](CCCCNC(C)=O)C(=O)N[C@@H](CCCN=C(N)N)C(=O)NCC. The van der Waals surface area contributed by atoms with Crippen LogP contribution in [0.3, 0.4) is 0 Å². The smallest absolute Gasteiger partial charge is 0.245 e. The molecule has 0 aromatic carbocycles. The van der Waals surface area contributed by atoms with E-state index in [0.29, 0.717) is 45.2 Å². The van der Waals surface area contributed by atoms with Gasteiger partial charge in [0.05, 0.1) is 6.10 Å². The van der Waals surface area contributed by atoms with Gasteiger partial charge in [-0.2, -0.15) is 0 Å². The Morgan fingerprint density at radius 1 is 0.627 bits per heavy atom. The number of guanidine groups is 1. The topological polar surface area (TPSA) is 288 Å². The molecule has 0 radical (unpaired) electrons. The van der Waals surface area contributed by atoms with Gasteiger partial charge in [0.2, 0.25) is 41.4 Å². The second-order valence-electron chi connectivity index (χ2n) is 12.6. The zero-order valence-electron chi connectivity index (χ0n) is 31.2. The Hall–Kier alpha value is -4.48. The van der Waals surface area contributed by atoms with Crippen molar-refractivity contribution in [3.05, 3.63) is 0 Å². The molecule has 7 atom stereocenters. The van der Waals surface area contributed by atoms with Gasteiger partial charge in [0.15, 0.2) is 5.96 Å². The van der Waals surface area contributed by atoms with Crippen molar-refractivity contribution in [3.63, 3.8) is 0 Å². The summed E-state index contributed by atoms with van der Waals surface area (Å²) in [6.07, 6.45) is 1.43. The molecule has 51 heavy (non-hydrogen) atoms. The molecule has 0 unspecified atom stereocenters. The number of unbranched alkanes of at least 4 members (excludes halogenated alkanes) is 1. The van der Waals surface area contributed by atoms with Crippen LogP contribution in [0.25, 0.3) is 0 Å². The Bertz CT molecular complexity index is 1180. The maximum absolute atomic E-state index is 13.7. The Morgan fingerprint density at radius 3 is 1.65 bits per heavy atom. The standard InChI is InChI=1S/C33H62N10O8/c1-8-14-23(42-32(51)27(20(5)44)43-31(50)26(19(4)9-2)39-22(7)46)29(48)41-25(15-11-12-17-37-21(6)45)30(49)40-24(28(47)36-10-3)16-13-18-38-33(34)35/h19-20,23-27,44H,8-18H2,1-7H3,(H,36,47)(H,37,45)(H,39,46)(H,40,49)(H,41,48)(H,42,51)(H,43,50)(H4,34,35,38)/t19-,20+,23-,24-,25-,26+,27-/m0/s1. The highest BCUT2D eigenvalue weighted by Crippen LogP contribution is 2.10. The van der Waals surface area contributed by atoms with Crippen molar-refractivity contribution in [1.82, 2.24) is 37.2 Å². The van der Waals surface area contributed by atoms with Crippen molar-refractivity contribution in [2.24, 2.45) is 22.4 Å². The first-order chi connectivity index (χ1) is 24.0. The number of rotatable bonds is 25. The number of hydrogen-bond acceptors (Lipinski definition) is 9. The van der Waals surface area contributed by atoms with E-state index in [1.54, 1.807) is 20.8 Å². The van der Waals surface area contributed by atoms with Gasteiger partial charge in [0.25, 0.3) is 0 Å². The molecule has 18 heteroatoms. The van der Waals surface area contributed by atoms with E-state index in [9.17, 15) is 38.7 Å². The summed E-state index contributed by atoms with van der Waals surface area (Å²) in [7, 11) is 0. The van der Waals surface area contributed by atoms with Gasteiger partial charge < -0.3 is 53.8 Å². The maximum Gasteiger partial charge on any atom is 0.245 e. The van der Waals surface area contributed by atoms with E-state index in [1.807, 2.05) is 6.92 Å². The van der Waals surface area contributed by atoms with Crippen LogP contribution in [-0.4, -0.2) is 108 Å². The lowest BCUT2D eigenvalue weighted by molar-refractivity contribution is -0.137. The highest BCUT2D eigenvalue weighted by Gasteiger charge is 2.34. The molecule has 18 nitrogen and oxygen atoms in total. The third kappa shape index (κ3) is 19.5. The van der Waals surface area contributed by atoms with E-state index in [-0.39, 0.29) is 43.6 Å². The molecule has 7 amide bonds. The number of hydrogen-bond donors (Lipinski definition) is 10.